The minimum Gasteiger partial charge on any atom is -0.463 e. The van der Waals surface area contributed by atoms with Crippen molar-refractivity contribution in [2.45, 2.75) is 30.9 Å². The van der Waals surface area contributed by atoms with Crippen LogP contribution in [0.25, 0.3) is 0 Å². The Morgan fingerprint density at radius 2 is 2.47 bits per heavy atom. The molecule has 19 heavy (non-hydrogen) atoms. The maximum Gasteiger partial charge on any atom is 0.302 e. The summed E-state index contributed by atoms with van der Waals surface area (Å²) < 4.78 is 10.6. The molecule has 0 aromatic carbocycles. The maximum atomic E-state index is 10.7. The molecule has 0 saturated carbocycles. The van der Waals surface area contributed by atoms with E-state index in [-0.39, 0.29) is 36.8 Å². The second kappa shape index (κ2) is 7.12. The van der Waals surface area contributed by atoms with Crippen LogP contribution < -0.4 is 5.32 Å². The van der Waals surface area contributed by atoms with Gasteiger partial charge >= 0.3 is 5.97 Å². The highest BCUT2D eigenvalue weighted by Gasteiger charge is 2.38. The highest BCUT2D eigenvalue weighted by atomic mass is 32.2. The van der Waals surface area contributed by atoms with Gasteiger partial charge in [-0.2, -0.15) is 0 Å². The molecule has 2 aliphatic rings. The summed E-state index contributed by atoms with van der Waals surface area (Å²) in [6, 6.07) is -0.171. The summed E-state index contributed by atoms with van der Waals surface area (Å²) in [5.74, 6) is -0.339. The lowest BCUT2D eigenvalue weighted by Gasteiger charge is -2.28. The van der Waals surface area contributed by atoms with Gasteiger partial charge < -0.3 is 19.9 Å². The zero-order valence-corrected chi connectivity index (χ0v) is 11.4. The van der Waals surface area contributed by atoms with E-state index in [0.717, 1.165) is 5.17 Å². The summed E-state index contributed by atoms with van der Waals surface area (Å²) in [6.45, 7) is 2.33. The molecule has 0 amide bonds. The number of rotatable bonds is 5. The number of esters is 1. The van der Waals surface area contributed by atoms with Crippen molar-refractivity contribution in [1.29, 1.82) is 0 Å². The fourth-order valence-electron chi connectivity index (χ4n) is 1.60. The average molecular weight is 284 g/mol. The Morgan fingerprint density at radius 1 is 1.63 bits per heavy atom. The van der Waals surface area contributed by atoms with Gasteiger partial charge in [-0.1, -0.05) is 11.8 Å². The second-order valence-electron chi connectivity index (χ2n) is 4.09. The molecule has 0 unspecified atom stereocenters. The third-order valence-electron chi connectivity index (χ3n) is 2.48. The van der Waals surface area contributed by atoms with Crippen molar-refractivity contribution in [2.75, 3.05) is 19.8 Å². The van der Waals surface area contributed by atoms with Crippen LogP contribution in [0, 0.1) is 12.8 Å². The number of hydrogen-bond acceptors (Lipinski definition) is 7. The van der Waals surface area contributed by atoms with E-state index in [1.165, 1.54) is 18.7 Å². The Hall–Kier alpha value is -0.790. The van der Waals surface area contributed by atoms with Gasteiger partial charge in [0.2, 0.25) is 0 Å². The number of nitrogens with one attached hydrogen (secondary N) is 1. The van der Waals surface area contributed by atoms with E-state index in [2.05, 4.69) is 23.2 Å². The number of aliphatic hydroxyl groups is 1. The molecule has 0 spiro atoms. The largest absolute Gasteiger partial charge is 0.463 e. The van der Waals surface area contributed by atoms with E-state index in [9.17, 15) is 4.79 Å². The molecule has 0 aromatic heterocycles. The zero-order chi connectivity index (χ0) is 13.7. The van der Waals surface area contributed by atoms with Crippen LogP contribution in [0.5, 0.6) is 0 Å². The molecular formula is C12H16N2O4S. The van der Waals surface area contributed by atoms with Crippen LogP contribution in [-0.2, 0) is 14.3 Å². The smallest absolute Gasteiger partial charge is 0.302 e. The number of amidine groups is 1. The van der Waals surface area contributed by atoms with Crippen LogP contribution in [-0.4, -0.2) is 53.6 Å². The molecule has 104 valence electrons. The fraction of sp³-hybridized carbons (Fsp3) is 0.667. The zero-order valence-electron chi connectivity index (χ0n) is 10.6. The van der Waals surface area contributed by atoms with Crippen molar-refractivity contribution < 1.29 is 19.4 Å². The molecule has 1 fully saturated rings. The molecule has 3 atom stereocenters. The number of carbonyl (C=O) groups is 1. The molecule has 0 bridgehead atoms. The first-order chi connectivity index (χ1) is 9.19. The van der Waals surface area contributed by atoms with E-state index in [0.29, 0.717) is 13.0 Å². The van der Waals surface area contributed by atoms with Gasteiger partial charge in [0, 0.05) is 32.9 Å². The van der Waals surface area contributed by atoms with Crippen molar-refractivity contribution >= 4 is 22.9 Å². The fourth-order valence-corrected chi connectivity index (χ4v) is 2.63. The van der Waals surface area contributed by atoms with Crippen molar-refractivity contribution in [1.82, 2.24) is 5.32 Å². The predicted molar refractivity (Wildman–Crippen MR) is 70.3 cm³/mol. The van der Waals surface area contributed by atoms with Crippen LogP contribution in [0.15, 0.2) is 4.99 Å². The Labute approximate surface area is 116 Å². The lowest BCUT2D eigenvalue weighted by molar-refractivity contribution is -0.145. The highest BCUT2D eigenvalue weighted by Crippen LogP contribution is 2.34. The first-order valence-corrected chi connectivity index (χ1v) is 6.96. The average Bonchev–Trinajstić information content (AvgIpc) is 2.78. The summed E-state index contributed by atoms with van der Waals surface area (Å²) in [5, 5.41) is 12.6. The minimum atomic E-state index is -0.385. The first kappa shape index (κ1) is 14.6. The third-order valence-corrected chi connectivity index (χ3v) is 3.56. The van der Waals surface area contributed by atoms with Gasteiger partial charge in [-0.25, -0.2) is 0 Å². The standard InChI is InChI=1S/C12H16N2O4S/c1-8(16)17-7-9-3-4-10-11(18-9)19-12(14-10)13-5-2-6-15/h9-11,15H,2,5-7H2,1H3,(H,13,14)/t9-,10-,11-/m1/s1. The molecule has 2 aliphatic heterocycles. The number of aliphatic hydroxyl groups excluding tert-OH is 1. The van der Waals surface area contributed by atoms with Crippen molar-refractivity contribution in [3.63, 3.8) is 0 Å². The van der Waals surface area contributed by atoms with Crippen LogP contribution in [0.4, 0.5) is 0 Å². The first-order valence-electron chi connectivity index (χ1n) is 6.08. The van der Waals surface area contributed by atoms with Gasteiger partial charge in [0.15, 0.2) is 5.17 Å². The molecule has 1 saturated heterocycles. The van der Waals surface area contributed by atoms with E-state index in [1.54, 1.807) is 0 Å². The highest BCUT2D eigenvalue weighted by molar-refractivity contribution is 8.14. The van der Waals surface area contributed by atoms with Crippen LogP contribution in [0.3, 0.4) is 0 Å². The molecule has 7 heteroatoms. The quantitative estimate of drug-likeness (QED) is 0.541. The molecule has 2 rings (SSSR count). The van der Waals surface area contributed by atoms with Gasteiger partial charge in [-0.15, -0.1) is 0 Å². The van der Waals surface area contributed by atoms with Gasteiger partial charge in [0.25, 0.3) is 0 Å². The minimum absolute atomic E-state index is 0.151. The molecular weight excluding hydrogens is 268 g/mol. The molecule has 6 nitrogen and oxygen atoms in total. The summed E-state index contributed by atoms with van der Waals surface area (Å²) in [7, 11) is 0. The molecule has 0 aromatic rings. The molecule has 0 aliphatic carbocycles. The number of aliphatic imine (C=N–C) groups is 1. The lowest BCUT2D eigenvalue weighted by Crippen LogP contribution is -2.37. The van der Waals surface area contributed by atoms with Crippen molar-refractivity contribution in [3.05, 3.63) is 12.8 Å². The van der Waals surface area contributed by atoms with Crippen molar-refractivity contribution in [3.8, 4) is 0 Å². The number of nitrogens with zero attached hydrogens (tertiary/aromatic N) is 1. The van der Waals surface area contributed by atoms with E-state index in [1.807, 2.05) is 0 Å². The predicted octanol–water partition coefficient (Wildman–Crippen LogP) is -0.120. The normalized spacial score (nSPS) is 29.6. The van der Waals surface area contributed by atoms with Crippen LogP contribution in [0.2, 0.25) is 0 Å². The Balaban J connectivity index is 1.74. The van der Waals surface area contributed by atoms with Gasteiger partial charge in [-0.05, 0) is 6.42 Å². The third kappa shape index (κ3) is 4.36. The molecule has 4 radical (unpaired) electrons. The summed E-state index contributed by atoms with van der Waals surface area (Å²) in [4.78, 5) is 15.1. The summed E-state index contributed by atoms with van der Waals surface area (Å²) in [6.07, 6.45) is 6.20. The number of fused-ring (bicyclic) bond motifs is 1. The van der Waals surface area contributed by atoms with Crippen molar-refractivity contribution in [2.24, 2.45) is 4.99 Å². The van der Waals surface area contributed by atoms with Gasteiger partial charge in [-0.3, -0.25) is 9.79 Å². The van der Waals surface area contributed by atoms with Gasteiger partial charge in [0.1, 0.15) is 18.1 Å². The monoisotopic (exact) mass is 284 g/mol. The van der Waals surface area contributed by atoms with E-state index < -0.39 is 0 Å². The van der Waals surface area contributed by atoms with E-state index >= 15 is 0 Å². The Bertz CT molecular complexity index is 351. The SMILES string of the molecule is CC(=O)OC[C@H]1[C][C][C@H]2N=C(NCCCO)S[C@H]2O1. The Kier molecular flexibility index (Phi) is 5.47. The van der Waals surface area contributed by atoms with Crippen LogP contribution >= 0.6 is 11.8 Å². The van der Waals surface area contributed by atoms with E-state index in [4.69, 9.17) is 14.6 Å². The molecule has 2 heterocycles. The molecule has 2 N–H and O–H groups in total. The number of thioether (sulfide) groups is 1. The lowest BCUT2D eigenvalue weighted by atomic mass is 10.1. The van der Waals surface area contributed by atoms with Gasteiger partial charge in [0.05, 0.1) is 6.04 Å². The summed E-state index contributed by atoms with van der Waals surface area (Å²) >= 11 is 1.48. The second-order valence-corrected chi connectivity index (χ2v) is 5.17. The number of ether oxygens (including phenoxy) is 2. The topological polar surface area (TPSA) is 80.2 Å². The maximum absolute atomic E-state index is 10.7. The Morgan fingerprint density at radius 3 is 3.21 bits per heavy atom. The van der Waals surface area contributed by atoms with Crippen LogP contribution in [0.1, 0.15) is 13.3 Å². The number of hydrogen-bond donors (Lipinski definition) is 2. The number of carbonyl (C=O) groups excluding carboxylic acids is 1. The summed E-state index contributed by atoms with van der Waals surface area (Å²) in [5.41, 5.74) is -0.154.